The molecule has 1 aromatic carbocycles. The van der Waals surface area contributed by atoms with Crippen molar-refractivity contribution in [3.05, 3.63) is 36.2 Å². The molecule has 0 amide bonds. The fourth-order valence-corrected chi connectivity index (χ4v) is 4.57. The minimum atomic E-state index is -1.36. The lowest BCUT2D eigenvalue weighted by atomic mass is 10.1. The number of nitrogen functional groups attached to an aromatic ring is 1. The van der Waals surface area contributed by atoms with Gasteiger partial charge in [0, 0.05) is 5.75 Å². The minimum absolute atomic E-state index is 0.0399. The molecule has 1 saturated heterocycles. The Morgan fingerprint density at radius 2 is 2.00 bits per heavy atom. The van der Waals surface area contributed by atoms with Crippen molar-refractivity contribution in [3.63, 3.8) is 0 Å². The van der Waals surface area contributed by atoms with Crippen LogP contribution < -0.4 is 10.5 Å². The average molecular weight is 522 g/mol. The van der Waals surface area contributed by atoms with Crippen LogP contribution in [0.25, 0.3) is 11.2 Å². The lowest BCUT2D eigenvalue weighted by Crippen LogP contribution is -2.33. The Morgan fingerprint density at radius 3 is 2.67 bits per heavy atom. The molecule has 3 aromatic rings. The van der Waals surface area contributed by atoms with E-state index in [2.05, 4.69) is 15.0 Å². The first kappa shape index (κ1) is 26.1. The highest BCUT2D eigenvalue weighted by Crippen LogP contribution is 2.36. The molecule has 0 bridgehead atoms. The Bertz CT molecular complexity index is 1190. The lowest BCUT2D eigenvalue weighted by Gasteiger charge is -2.19. The first-order valence-corrected chi connectivity index (χ1v) is 12.1. The van der Waals surface area contributed by atoms with Gasteiger partial charge in [0.25, 0.3) is 0 Å². The number of aliphatic hydroxyl groups is 4. The number of fused-ring (bicyclic) bond motifs is 1. The molecule has 2 aromatic heterocycles. The Labute approximate surface area is 209 Å². The molecule has 1 aliphatic heterocycles. The molecule has 4 rings (SSSR count). The van der Waals surface area contributed by atoms with Gasteiger partial charge in [-0.25, -0.2) is 19.7 Å². The van der Waals surface area contributed by atoms with Gasteiger partial charge in [-0.2, -0.15) is 0 Å². The number of imidazole rings is 1. The third-order valence-corrected chi connectivity index (χ3v) is 6.55. The zero-order valence-corrected chi connectivity index (χ0v) is 20.1. The molecule has 1 fully saturated rings. The third-order valence-electron chi connectivity index (χ3n) is 5.46. The topological polar surface area (TPSA) is 195 Å². The maximum absolute atomic E-state index is 11.7. The largest absolute Gasteiger partial charge is 0.491 e. The van der Waals surface area contributed by atoms with Crippen LogP contribution in [0.2, 0.25) is 0 Å². The molecule has 6 N–H and O–H groups in total. The molecule has 0 saturated carbocycles. The smallest absolute Gasteiger partial charge is 0.338 e. The van der Waals surface area contributed by atoms with Crippen LogP contribution in [0.5, 0.6) is 5.75 Å². The quantitative estimate of drug-likeness (QED) is 0.173. The number of anilines is 1. The molecular weight excluding hydrogens is 494 g/mol. The monoisotopic (exact) mass is 521 g/mol. The van der Waals surface area contributed by atoms with Crippen molar-refractivity contribution in [2.75, 3.05) is 31.3 Å². The number of nitrogens with two attached hydrogens (primary N) is 1. The standard InChI is InChI=1S/C22H27N5O8S/c1-2-33-21(32)11-3-5-13(6-4-11)34-8-12(29)9-36-22-26-15-18(23)24-10-25-19(15)27(22)20-17(31)16(30)14(7-28)35-20/h3-6,10,12,14,16-17,20,28-31H,2,7-9H2,1H3,(H2,23,24,25)/t12?,14-,16-,17-,20-/m1/s1. The first-order chi connectivity index (χ1) is 17.3. The highest BCUT2D eigenvalue weighted by molar-refractivity contribution is 7.99. The van der Waals surface area contributed by atoms with Gasteiger partial charge >= 0.3 is 5.97 Å². The number of hydrogen-bond acceptors (Lipinski definition) is 13. The lowest BCUT2D eigenvalue weighted by molar-refractivity contribution is -0.0548. The number of aliphatic hydroxyl groups excluding tert-OH is 4. The van der Waals surface area contributed by atoms with Crippen LogP contribution >= 0.6 is 11.8 Å². The molecule has 5 atom stereocenters. The summed E-state index contributed by atoms with van der Waals surface area (Å²) in [7, 11) is 0. The van der Waals surface area contributed by atoms with Crippen molar-refractivity contribution in [2.24, 2.45) is 0 Å². The van der Waals surface area contributed by atoms with Gasteiger partial charge in [0.15, 0.2) is 28.4 Å². The second kappa shape index (κ2) is 11.4. The molecular formula is C22H27N5O8S. The molecule has 0 spiro atoms. The Morgan fingerprint density at radius 1 is 1.25 bits per heavy atom. The number of hydrogen-bond donors (Lipinski definition) is 5. The zero-order chi connectivity index (χ0) is 25.8. The van der Waals surface area contributed by atoms with E-state index in [0.29, 0.717) is 16.5 Å². The normalized spacial score (nSPS) is 22.6. The molecule has 14 heteroatoms. The summed E-state index contributed by atoms with van der Waals surface area (Å²) in [6, 6.07) is 6.36. The van der Waals surface area contributed by atoms with E-state index in [4.69, 9.17) is 19.9 Å². The van der Waals surface area contributed by atoms with E-state index in [0.717, 1.165) is 11.8 Å². The van der Waals surface area contributed by atoms with Gasteiger partial charge in [0.2, 0.25) is 0 Å². The summed E-state index contributed by atoms with van der Waals surface area (Å²) in [6.07, 6.45) is -4.44. The van der Waals surface area contributed by atoms with E-state index in [1.807, 2.05) is 0 Å². The van der Waals surface area contributed by atoms with Crippen molar-refractivity contribution >= 4 is 34.7 Å². The summed E-state index contributed by atoms with van der Waals surface area (Å²) in [6.45, 7) is 1.48. The van der Waals surface area contributed by atoms with Crippen molar-refractivity contribution in [1.29, 1.82) is 0 Å². The molecule has 194 valence electrons. The number of ether oxygens (including phenoxy) is 3. The van der Waals surface area contributed by atoms with E-state index < -0.39 is 43.2 Å². The summed E-state index contributed by atoms with van der Waals surface area (Å²) in [5, 5.41) is 41.0. The van der Waals surface area contributed by atoms with Gasteiger partial charge in [-0.05, 0) is 31.2 Å². The number of benzene rings is 1. The highest BCUT2D eigenvalue weighted by atomic mass is 32.2. The summed E-state index contributed by atoms with van der Waals surface area (Å²) < 4.78 is 17.7. The van der Waals surface area contributed by atoms with Gasteiger partial charge in [-0.15, -0.1) is 0 Å². The van der Waals surface area contributed by atoms with Gasteiger partial charge in [0.05, 0.1) is 24.9 Å². The van der Waals surface area contributed by atoms with E-state index in [1.54, 1.807) is 31.2 Å². The van der Waals surface area contributed by atoms with Crippen LogP contribution in [0.4, 0.5) is 5.82 Å². The van der Waals surface area contributed by atoms with Crippen molar-refractivity contribution in [1.82, 2.24) is 19.5 Å². The number of nitrogens with zero attached hydrogens (tertiary/aromatic N) is 4. The highest BCUT2D eigenvalue weighted by Gasteiger charge is 2.45. The van der Waals surface area contributed by atoms with Crippen LogP contribution in [0.3, 0.4) is 0 Å². The fourth-order valence-electron chi connectivity index (χ4n) is 3.64. The second-order valence-electron chi connectivity index (χ2n) is 7.95. The minimum Gasteiger partial charge on any atom is -0.491 e. The van der Waals surface area contributed by atoms with Crippen molar-refractivity contribution in [2.45, 2.75) is 42.7 Å². The summed E-state index contributed by atoms with van der Waals surface area (Å²) in [5.41, 5.74) is 6.87. The Kier molecular flexibility index (Phi) is 8.23. The van der Waals surface area contributed by atoms with Crippen LogP contribution in [0, 0.1) is 0 Å². The van der Waals surface area contributed by atoms with E-state index >= 15 is 0 Å². The Hall–Kier alpha value is -3.01. The average Bonchev–Trinajstić information content (AvgIpc) is 3.39. The van der Waals surface area contributed by atoms with Crippen LogP contribution in [-0.4, -0.2) is 95.9 Å². The van der Waals surface area contributed by atoms with Crippen molar-refractivity contribution < 1.29 is 39.4 Å². The molecule has 1 unspecified atom stereocenters. The number of carbonyl (C=O) groups excluding carboxylic acids is 1. The maximum atomic E-state index is 11.7. The number of esters is 1. The van der Waals surface area contributed by atoms with Crippen LogP contribution in [0.1, 0.15) is 23.5 Å². The van der Waals surface area contributed by atoms with Gasteiger partial charge in [0.1, 0.15) is 37.0 Å². The molecule has 3 heterocycles. The van der Waals surface area contributed by atoms with Gasteiger partial charge < -0.3 is 40.4 Å². The number of rotatable bonds is 10. The zero-order valence-electron chi connectivity index (χ0n) is 19.3. The van der Waals surface area contributed by atoms with Gasteiger partial charge in [-0.3, -0.25) is 4.57 Å². The number of thioether (sulfide) groups is 1. The molecule has 13 nitrogen and oxygen atoms in total. The summed E-state index contributed by atoms with van der Waals surface area (Å²) in [5.74, 6) is 0.297. The first-order valence-electron chi connectivity index (χ1n) is 11.2. The predicted molar refractivity (Wildman–Crippen MR) is 127 cm³/mol. The van der Waals surface area contributed by atoms with Crippen LogP contribution in [-0.2, 0) is 9.47 Å². The fraction of sp³-hybridized carbons (Fsp3) is 0.455. The summed E-state index contributed by atoms with van der Waals surface area (Å²) >= 11 is 1.14. The predicted octanol–water partition coefficient (Wildman–Crippen LogP) is -0.271. The maximum Gasteiger partial charge on any atom is 0.338 e. The van der Waals surface area contributed by atoms with Gasteiger partial charge in [-0.1, -0.05) is 11.8 Å². The Balaban J connectivity index is 1.44. The van der Waals surface area contributed by atoms with E-state index in [-0.39, 0.29) is 35.9 Å². The molecule has 0 radical (unpaired) electrons. The molecule has 0 aliphatic carbocycles. The van der Waals surface area contributed by atoms with E-state index in [9.17, 15) is 25.2 Å². The van der Waals surface area contributed by atoms with Crippen LogP contribution in [0.15, 0.2) is 35.7 Å². The molecule has 1 aliphatic rings. The number of carbonyl (C=O) groups is 1. The molecule has 36 heavy (non-hydrogen) atoms. The van der Waals surface area contributed by atoms with E-state index in [1.165, 1.54) is 10.9 Å². The number of aromatic nitrogens is 4. The second-order valence-corrected chi connectivity index (χ2v) is 8.93. The summed E-state index contributed by atoms with van der Waals surface area (Å²) in [4.78, 5) is 24.3. The van der Waals surface area contributed by atoms with Crippen molar-refractivity contribution in [3.8, 4) is 5.75 Å². The SMILES string of the molecule is CCOC(=O)c1ccc(OCC(O)CSc2nc3c(N)ncnc3n2[C@@H]2O[C@H](CO)[C@@H](O)[C@H]2O)cc1. The third kappa shape index (κ3) is 5.38.